The summed E-state index contributed by atoms with van der Waals surface area (Å²) < 4.78 is 10.1. The SMILES string of the molecule is CCCOC(=O)c1c(C)c(Cl)cc(OC)c1N. The average molecular weight is 258 g/mol. The van der Waals surface area contributed by atoms with Gasteiger partial charge in [0.25, 0.3) is 0 Å². The van der Waals surface area contributed by atoms with Gasteiger partial charge in [0, 0.05) is 11.1 Å². The summed E-state index contributed by atoms with van der Waals surface area (Å²) in [5.74, 6) is -0.0910. The zero-order valence-electron chi connectivity index (χ0n) is 10.2. The average Bonchev–Trinajstić information content (AvgIpc) is 2.31. The molecule has 0 spiro atoms. The van der Waals surface area contributed by atoms with Gasteiger partial charge in [0.05, 0.1) is 25.0 Å². The molecule has 1 rings (SSSR count). The van der Waals surface area contributed by atoms with Crippen LogP contribution in [-0.2, 0) is 4.74 Å². The third-order valence-electron chi connectivity index (χ3n) is 2.39. The normalized spacial score (nSPS) is 10.1. The van der Waals surface area contributed by atoms with Gasteiger partial charge >= 0.3 is 5.97 Å². The number of nitrogens with two attached hydrogens (primary N) is 1. The van der Waals surface area contributed by atoms with Crippen LogP contribution in [0, 0.1) is 6.92 Å². The number of hydrogen-bond donors (Lipinski definition) is 1. The smallest absolute Gasteiger partial charge is 0.340 e. The predicted molar refractivity (Wildman–Crippen MR) is 67.7 cm³/mol. The lowest BCUT2D eigenvalue weighted by atomic mass is 10.1. The Balaban J connectivity index is 3.21. The molecule has 0 aliphatic carbocycles. The molecule has 0 saturated heterocycles. The van der Waals surface area contributed by atoms with Gasteiger partial charge < -0.3 is 15.2 Å². The molecule has 0 atom stereocenters. The van der Waals surface area contributed by atoms with Gasteiger partial charge in [-0.25, -0.2) is 4.79 Å². The van der Waals surface area contributed by atoms with Crippen molar-refractivity contribution in [3.63, 3.8) is 0 Å². The second kappa shape index (κ2) is 5.77. The summed E-state index contributed by atoms with van der Waals surface area (Å²) in [4.78, 5) is 11.8. The maximum atomic E-state index is 11.8. The molecule has 1 aromatic carbocycles. The molecule has 0 saturated carbocycles. The summed E-state index contributed by atoms with van der Waals surface area (Å²) >= 11 is 6.00. The summed E-state index contributed by atoms with van der Waals surface area (Å²) in [5, 5.41) is 0.430. The van der Waals surface area contributed by atoms with E-state index in [4.69, 9.17) is 26.8 Å². The second-order valence-electron chi connectivity index (χ2n) is 3.61. The number of nitrogen functional groups attached to an aromatic ring is 1. The highest BCUT2D eigenvalue weighted by Gasteiger charge is 2.20. The van der Waals surface area contributed by atoms with Crippen molar-refractivity contribution in [2.75, 3.05) is 19.5 Å². The van der Waals surface area contributed by atoms with Crippen LogP contribution in [-0.4, -0.2) is 19.7 Å². The first-order valence-corrected chi connectivity index (χ1v) is 5.70. The van der Waals surface area contributed by atoms with E-state index < -0.39 is 5.97 Å². The first-order valence-electron chi connectivity index (χ1n) is 5.32. The first kappa shape index (κ1) is 13.6. The Kier molecular flexibility index (Phi) is 4.63. The standard InChI is InChI=1S/C12H16ClNO3/c1-4-5-17-12(15)10-7(2)8(13)6-9(16-3)11(10)14/h6H,4-5,14H2,1-3H3. The quantitative estimate of drug-likeness (QED) is 0.666. The summed E-state index contributed by atoms with van der Waals surface area (Å²) in [6.45, 7) is 4.00. The number of methoxy groups -OCH3 is 1. The largest absolute Gasteiger partial charge is 0.495 e. The third kappa shape index (κ3) is 2.82. The molecule has 0 radical (unpaired) electrons. The van der Waals surface area contributed by atoms with Crippen molar-refractivity contribution in [1.29, 1.82) is 0 Å². The van der Waals surface area contributed by atoms with Crippen LogP contribution >= 0.6 is 11.6 Å². The van der Waals surface area contributed by atoms with Gasteiger partial charge in [-0.3, -0.25) is 0 Å². The van der Waals surface area contributed by atoms with E-state index in [1.54, 1.807) is 13.0 Å². The highest BCUT2D eigenvalue weighted by Crippen LogP contribution is 2.34. The molecule has 0 heterocycles. The molecule has 0 aromatic heterocycles. The lowest BCUT2D eigenvalue weighted by Crippen LogP contribution is -2.12. The minimum Gasteiger partial charge on any atom is -0.495 e. The molecule has 1 aromatic rings. The van der Waals surface area contributed by atoms with E-state index in [0.717, 1.165) is 6.42 Å². The minimum atomic E-state index is -0.470. The molecular weight excluding hydrogens is 242 g/mol. The fraction of sp³-hybridized carbons (Fsp3) is 0.417. The second-order valence-corrected chi connectivity index (χ2v) is 4.02. The van der Waals surface area contributed by atoms with Gasteiger partial charge in [0.1, 0.15) is 5.75 Å². The van der Waals surface area contributed by atoms with Gasteiger partial charge in [-0.1, -0.05) is 18.5 Å². The summed E-state index contributed by atoms with van der Waals surface area (Å²) in [6.07, 6.45) is 0.752. The first-order chi connectivity index (χ1) is 8.02. The maximum absolute atomic E-state index is 11.8. The molecule has 0 amide bonds. The monoisotopic (exact) mass is 257 g/mol. The maximum Gasteiger partial charge on any atom is 0.340 e. The number of ether oxygens (including phenoxy) is 2. The third-order valence-corrected chi connectivity index (χ3v) is 2.78. The van der Waals surface area contributed by atoms with Crippen LogP contribution in [0.5, 0.6) is 5.75 Å². The highest BCUT2D eigenvalue weighted by atomic mass is 35.5. The summed E-state index contributed by atoms with van der Waals surface area (Å²) in [7, 11) is 1.47. The molecule has 94 valence electrons. The minimum absolute atomic E-state index is 0.260. The molecule has 17 heavy (non-hydrogen) atoms. The van der Waals surface area contributed by atoms with Crippen molar-refractivity contribution >= 4 is 23.3 Å². The summed E-state index contributed by atoms with van der Waals surface area (Å²) in [6, 6.07) is 1.59. The van der Waals surface area contributed by atoms with E-state index in [0.29, 0.717) is 22.9 Å². The number of anilines is 1. The van der Waals surface area contributed by atoms with Crippen LogP contribution in [0.15, 0.2) is 6.07 Å². The van der Waals surface area contributed by atoms with Gasteiger partial charge in [-0.2, -0.15) is 0 Å². The number of carbonyl (C=O) groups excluding carboxylic acids is 1. The Morgan fingerprint density at radius 1 is 1.53 bits per heavy atom. The van der Waals surface area contributed by atoms with Crippen LogP contribution in [0.2, 0.25) is 5.02 Å². The fourth-order valence-electron chi connectivity index (χ4n) is 1.44. The van der Waals surface area contributed by atoms with Gasteiger partial charge in [-0.15, -0.1) is 0 Å². The van der Waals surface area contributed by atoms with Crippen LogP contribution in [0.1, 0.15) is 29.3 Å². The van der Waals surface area contributed by atoms with Crippen molar-refractivity contribution in [3.8, 4) is 5.75 Å². The number of halogens is 1. The molecule has 0 fully saturated rings. The Hall–Kier alpha value is -1.42. The lowest BCUT2D eigenvalue weighted by Gasteiger charge is -2.13. The zero-order chi connectivity index (χ0) is 13.0. The zero-order valence-corrected chi connectivity index (χ0v) is 10.9. The van der Waals surface area contributed by atoms with Crippen molar-refractivity contribution in [1.82, 2.24) is 0 Å². The van der Waals surface area contributed by atoms with Crippen molar-refractivity contribution in [2.24, 2.45) is 0 Å². The number of esters is 1. The van der Waals surface area contributed by atoms with Crippen LogP contribution in [0.3, 0.4) is 0 Å². The van der Waals surface area contributed by atoms with Gasteiger partial charge in [0.2, 0.25) is 0 Å². The van der Waals surface area contributed by atoms with E-state index in [1.165, 1.54) is 7.11 Å². The number of carbonyl (C=O) groups is 1. The van der Waals surface area contributed by atoms with E-state index in [-0.39, 0.29) is 11.3 Å². The van der Waals surface area contributed by atoms with E-state index >= 15 is 0 Å². The van der Waals surface area contributed by atoms with Crippen molar-refractivity contribution < 1.29 is 14.3 Å². The summed E-state index contributed by atoms with van der Waals surface area (Å²) in [5.41, 5.74) is 6.99. The van der Waals surface area contributed by atoms with Crippen LogP contribution in [0.25, 0.3) is 0 Å². The molecule has 0 bridgehead atoms. The van der Waals surface area contributed by atoms with E-state index in [1.807, 2.05) is 6.92 Å². The van der Waals surface area contributed by atoms with Crippen LogP contribution < -0.4 is 10.5 Å². The van der Waals surface area contributed by atoms with Gasteiger partial charge in [0.15, 0.2) is 0 Å². The molecule has 2 N–H and O–H groups in total. The van der Waals surface area contributed by atoms with Crippen molar-refractivity contribution in [3.05, 3.63) is 22.2 Å². The van der Waals surface area contributed by atoms with Crippen LogP contribution in [0.4, 0.5) is 5.69 Å². The Bertz CT molecular complexity index is 432. The van der Waals surface area contributed by atoms with Gasteiger partial charge in [-0.05, 0) is 18.9 Å². The van der Waals surface area contributed by atoms with E-state index in [2.05, 4.69) is 0 Å². The fourth-order valence-corrected chi connectivity index (χ4v) is 1.64. The molecule has 0 unspecified atom stereocenters. The molecule has 5 heteroatoms. The topological polar surface area (TPSA) is 61.5 Å². The Morgan fingerprint density at radius 3 is 2.71 bits per heavy atom. The number of benzene rings is 1. The number of rotatable bonds is 4. The molecule has 0 aliphatic heterocycles. The lowest BCUT2D eigenvalue weighted by molar-refractivity contribution is 0.0505. The van der Waals surface area contributed by atoms with E-state index in [9.17, 15) is 4.79 Å². The molecule has 4 nitrogen and oxygen atoms in total. The molecular formula is C12H16ClNO3. The highest BCUT2D eigenvalue weighted by molar-refractivity contribution is 6.32. The predicted octanol–water partition coefficient (Wildman–Crippen LogP) is 2.81. The Morgan fingerprint density at radius 2 is 2.18 bits per heavy atom. The number of hydrogen-bond acceptors (Lipinski definition) is 4. The van der Waals surface area contributed by atoms with Crippen molar-refractivity contribution in [2.45, 2.75) is 20.3 Å². The molecule has 0 aliphatic rings. The Labute approximate surface area is 106 Å².